The first-order valence-corrected chi connectivity index (χ1v) is 9.81. The van der Waals surface area contributed by atoms with E-state index in [-0.39, 0.29) is 11.3 Å². The van der Waals surface area contributed by atoms with Crippen LogP contribution >= 0.6 is 22.7 Å². The van der Waals surface area contributed by atoms with Crippen LogP contribution < -0.4 is 0 Å². The van der Waals surface area contributed by atoms with E-state index >= 15 is 0 Å². The summed E-state index contributed by atoms with van der Waals surface area (Å²) < 4.78 is 1.91. The molecule has 2 heterocycles. The number of allylic oxidation sites excluding steroid dienone is 1. The first-order chi connectivity index (χ1) is 13.1. The Balaban J connectivity index is 1.71. The summed E-state index contributed by atoms with van der Waals surface area (Å²) in [5.41, 5.74) is 0.387. The lowest BCUT2D eigenvalue weighted by atomic mass is 9.95. The Morgan fingerprint density at radius 1 is 0.815 bits per heavy atom. The monoisotopic (exact) mass is 391 g/mol. The maximum absolute atomic E-state index is 12.9. The second-order valence-corrected chi connectivity index (χ2v) is 7.70. The van der Waals surface area contributed by atoms with Gasteiger partial charge in [-0.2, -0.15) is 0 Å². The third kappa shape index (κ3) is 2.89. The van der Waals surface area contributed by atoms with Crippen LogP contribution in [0.2, 0.25) is 0 Å². The molecule has 0 unspecified atom stereocenters. The van der Waals surface area contributed by atoms with E-state index in [4.69, 9.17) is 0 Å². The number of ketones is 2. The Labute approximate surface area is 162 Å². The molecule has 0 saturated heterocycles. The van der Waals surface area contributed by atoms with E-state index in [1.165, 1.54) is 22.7 Å². The third-order valence-corrected chi connectivity index (χ3v) is 6.25. The molecule has 0 fully saturated rings. The van der Waals surface area contributed by atoms with Gasteiger partial charge in [0.2, 0.25) is 5.78 Å². The quantitative estimate of drug-likeness (QED) is 0.159. The lowest BCUT2D eigenvalue weighted by molar-refractivity contribution is 0.102. The molecule has 132 valence electrons. The zero-order valence-electron chi connectivity index (χ0n) is 14.0. The number of benzene rings is 2. The minimum absolute atomic E-state index is 0.124. The number of Topliss-reactive ketones (excluding diaryl/α,β-unsaturated/α-hetero) is 2. The molecule has 27 heavy (non-hydrogen) atoms. The number of carbonyl (C=O) groups excluding carboxylic acids is 2. The number of fused-ring (bicyclic) bond motifs is 2. The van der Waals surface area contributed by atoms with Gasteiger partial charge in [-0.3, -0.25) is 9.59 Å². The minimum atomic E-state index is -0.521. The van der Waals surface area contributed by atoms with Gasteiger partial charge in [0.25, 0.3) is 0 Å². The van der Waals surface area contributed by atoms with Crippen LogP contribution in [-0.2, 0) is 0 Å². The topological polar surface area (TPSA) is 66.7 Å². The van der Waals surface area contributed by atoms with Crippen molar-refractivity contribution in [2.45, 2.75) is 0 Å². The number of hydrogen-bond acceptors (Lipinski definition) is 6. The summed E-state index contributed by atoms with van der Waals surface area (Å²) >= 11 is 2.86. The number of nitrogens with zero attached hydrogens (tertiary/aromatic N) is 1. The van der Waals surface area contributed by atoms with Crippen LogP contribution in [0, 0.1) is 0 Å². The van der Waals surface area contributed by atoms with Gasteiger partial charge in [0.1, 0.15) is 0 Å². The molecule has 0 aliphatic heterocycles. The van der Waals surface area contributed by atoms with Crippen LogP contribution in [0.1, 0.15) is 20.7 Å². The first-order valence-electron chi connectivity index (χ1n) is 8.05. The predicted octanol–water partition coefficient (Wildman–Crippen LogP) is 5.57. The van der Waals surface area contributed by atoms with Gasteiger partial charge in [-0.1, -0.05) is 48.1 Å². The molecule has 2 aromatic carbocycles. The molecule has 2 aromatic heterocycles. The highest BCUT2D eigenvalue weighted by molar-refractivity contribution is 7.18. The summed E-state index contributed by atoms with van der Waals surface area (Å²) in [6.07, 6.45) is 0. The molecule has 4 rings (SSSR count). The van der Waals surface area contributed by atoms with Crippen molar-refractivity contribution in [3.8, 4) is 0 Å². The zero-order chi connectivity index (χ0) is 19.0. The van der Waals surface area contributed by atoms with E-state index in [1.807, 2.05) is 48.5 Å². The summed E-state index contributed by atoms with van der Waals surface area (Å²) in [5, 5.41) is 17.6. The maximum atomic E-state index is 12.9. The normalized spacial score (nSPS) is 11.8. The fourth-order valence-corrected chi connectivity index (χ4v) is 4.83. The molecule has 6 heteroatoms. The van der Waals surface area contributed by atoms with Crippen molar-refractivity contribution >= 4 is 60.1 Å². The van der Waals surface area contributed by atoms with Crippen LogP contribution in [0.15, 0.2) is 76.6 Å². The fourth-order valence-electron chi connectivity index (χ4n) is 2.95. The van der Waals surface area contributed by atoms with E-state index in [0.717, 1.165) is 20.2 Å². The van der Waals surface area contributed by atoms with E-state index in [0.29, 0.717) is 11.1 Å². The Kier molecular flexibility index (Phi) is 4.43. The second-order valence-electron chi connectivity index (χ2n) is 5.88. The number of carbonyl (C=O) groups is 2. The lowest BCUT2D eigenvalue weighted by Gasteiger charge is -2.06. The van der Waals surface area contributed by atoms with Gasteiger partial charge in [-0.05, 0) is 12.1 Å². The smallest absolute Gasteiger partial charge is 0.216 e. The molecular formula is C21H13NO3S2. The van der Waals surface area contributed by atoms with Crippen LogP contribution in [0.4, 0.5) is 0 Å². The Morgan fingerprint density at radius 3 is 1.81 bits per heavy atom. The van der Waals surface area contributed by atoms with Gasteiger partial charge in [0, 0.05) is 47.6 Å². The first kappa shape index (κ1) is 17.3. The second kappa shape index (κ2) is 6.90. The summed E-state index contributed by atoms with van der Waals surface area (Å²) in [6, 6.07) is 15.0. The highest BCUT2D eigenvalue weighted by Gasteiger charge is 2.27. The van der Waals surface area contributed by atoms with Crippen molar-refractivity contribution < 1.29 is 14.8 Å². The number of rotatable bonds is 5. The Hall–Kier alpha value is -3.09. The van der Waals surface area contributed by atoms with E-state index in [9.17, 15) is 14.8 Å². The van der Waals surface area contributed by atoms with Crippen LogP contribution in [0.5, 0.6) is 0 Å². The molecule has 4 aromatic rings. The van der Waals surface area contributed by atoms with Gasteiger partial charge in [-0.15, -0.1) is 22.7 Å². The Bertz CT molecular complexity index is 1250. The van der Waals surface area contributed by atoms with Crippen molar-refractivity contribution in [3.63, 3.8) is 0 Å². The van der Waals surface area contributed by atoms with Crippen molar-refractivity contribution in [1.29, 1.82) is 0 Å². The molecule has 1 N–H and O–H groups in total. The largest absolute Gasteiger partial charge is 0.410 e. The van der Waals surface area contributed by atoms with Gasteiger partial charge < -0.3 is 5.21 Å². The van der Waals surface area contributed by atoms with Crippen molar-refractivity contribution in [2.75, 3.05) is 0 Å². The average Bonchev–Trinajstić information content (AvgIpc) is 3.32. The fraction of sp³-hybridized carbons (Fsp3) is 0. The van der Waals surface area contributed by atoms with Crippen LogP contribution in [0.25, 0.3) is 20.2 Å². The molecule has 0 aliphatic carbocycles. The predicted molar refractivity (Wildman–Crippen MR) is 111 cm³/mol. The molecule has 0 amide bonds. The van der Waals surface area contributed by atoms with Crippen LogP contribution in [-0.4, -0.2) is 22.5 Å². The lowest BCUT2D eigenvalue weighted by Crippen LogP contribution is -2.21. The highest BCUT2D eigenvalue weighted by Crippen LogP contribution is 2.29. The summed E-state index contributed by atoms with van der Waals surface area (Å²) in [6.45, 7) is 3.75. The Morgan fingerprint density at radius 2 is 1.30 bits per heavy atom. The standard InChI is InChI=1S/C21H13NO3S2/c1-12(20(23)15-10-26-17-8-4-2-6-13(15)17)19(22-25)21(24)16-11-27-18-9-5-3-7-14(16)18/h2-11,25H,1H2/b22-19+. The summed E-state index contributed by atoms with van der Waals surface area (Å²) in [4.78, 5) is 25.9. The molecule has 0 spiro atoms. The van der Waals surface area contributed by atoms with Gasteiger partial charge >= 0.3 is 0 Å². The van der Waals surface area contributed by atoms with Crippen molar-refractivity contribution in [3.05, 3.63) is 82.6 Å². The van der Waals surface area contributed by atoms with E-state index < -0.39 is 11.6 Å². The maximum Gasteiger partial charge on any atom is 0.216 e. The van der Waals surface area contributed by atoms with Gasteiger partial charge in [0.15, 0.2) is 11.5 Å². The summed E-state index contributed by atoms with van der Waals surface area (Å²) in [7, 11) is 0. The molecular weight excluding hydrogens is 378 g/mol. The molecule has 0 saturated carbocycles. The average molecular weight is 391 g/mol. The van der Waals surface area contributed by atoms with Crippen molar-refractivity contribution in [2.24, 2.45) is 5.16 Å². The van der Waals surface area contributed by atoms with Gasteiger partial charge in [-0.25, -0.2) is 0 Å². The highest BCUT2D eigenvalue weighted by atomic mass is 32.1. The third-order valence-electron chi connectivity index (χ3n) is 4.33. The molecule has 0 radical (unpaired) electrons. The number of hydrogen-bond donors (Lipinski definition) is 1. The van der Waals surface area contributed by atoms with E-state index in [2.05, 4.69) is 11.7 Å². The van der Waals surface area contributed by atoms with Crippen molar-refractivity contribution in [1.82, 2.24) is 0 Å². The number of oxime groups is 1. The molecule has 0 bridgehead atoms. The SMILES string of the molecule is C=C(C(=O)c1csc2ccccc12)/C(=N\O)C(=O)c1csc2ccccc12. The van der Waals surface area contributed by atoms with Crippen LogP contribution in [0.3, 0.4) is 0 Å². The molecule has 0 aliphatic rings. The molecule has 4 nitrogen and oxygen atoms in total. The number of thiophene rings is 2. The van der Waals surface area contributed by atoms with E-state index in [1.54, 1.807) is 10.8 Å². The summed E-state index contributed by atoms with van der Waals surface area (Å²) in [5.74, 6) is -0.944. The minimum Gasteiger partial charge on any atom is -0.410 e. The zero-order valence-corrected chi connectivity index (χ0v) is 15.6. The molecule has 0 atom stereocenters. The van der Waals surface area contributed by atoms with Gasteiger partial charge in [0.05, 0.1) is 0 Å².